The van der Waals surface area contributed by atoms with E-state index in [2.05, 4.69) is 35.8 Å². The first-order valence-electron chi connectivity index (χ1n) is 6.19. The van der Waals surface area contributed by atoms with Gasteiger partial charge < -0.3 is 9.84 Å². The number of benzene rings is 1. The number of thiophene rings is 1. The number of ether oxygens (including phenoxy) is 1. The highest BCUT2D eigenvalue weighted by molar-refractivity contribution is 9.10. The Morgan fingerprint density at radius 2 is 2.16 bits per heavy atom. The number of halogens is 1. The fourth-order valence-electron chi connectivity index (χ4n) is 2.45. The van der Waals surface area contributed by atoms with Gasteiger partial charge in [0, 0.05) is 10.9 Å². The van der Waals surface area contributed by atoms with Crippen LogP contribution in [-0.4, -0.2) is 10.7 Å². The first kappa shape index (κ1) is 13.2. The van der Waals surface area contributed by atoms with Crippen LogP contribution < -0.4 is 4.74 Å². The molecule has 1 aliphatic heterocycles. The Bertz CT molecular complexity index is 618. The molecule has 4 heteroatoms. The van der Waals surface area contributed by atoms with Gasteiger partial charge in [-0.15, -0.1) is 11.3 Å². The van der Waals surface area contributed by atoms with Crippen molar-refractivity contribution in [2.45, 2.75) is 32.0 Å². The van der Waals surface area contributed by atoms with Gasteiger partial charge in [-0.25, -0.2) is 0 Å². The molecule has 19 heavy (non-hydrogen) atoms. The van der Waals surface area contributed by atoms with Gasteiger partial charge in [0.15, 0.2) is 0 Å². The summed E-state index contributed by atoms with van der Waals surface area (Å²) in [6.45, 7) is 4.16. The van der Waals surface area contributed by atoms with E-state index in [0.29, 0.717) is 0 Å². The molecule has 1 unspecified atom stereocenters. The van der Waals surface area contributed by atoms with Crippen molar-refractivity contribution in [2.75, 3.05) is 0 Å². The van der Waals surface area contributed by atoms with Crippen molar-refractivity contribution in [2.24, 2.45) is 0 Å². The standard InChI is InChI=1S/C15H15BrO2S/c1-15(2)8-10-7-9(3-4-12(10)18-15)13(17)14-11(16)5-6-19-14/h3-7,13,17H,8H2,1-2H3. The maximum Gasteiger partial charge on any atom is 0.123 e. The van der Waals surface area contributed by atoms with Gasteiger partial charge in [0.1, 0.15) is 17.5 Å². The number of aliphatic hydroxyl groups is 1. The Morgan fingerprint density at radius 3 is 2.84 bits per heavy atom. The second-order valence-corrected chi connectivity index (χ2v) is 7.24. The summed E-state index contributed by atoms with van der Waals surface area (Å²) < 4.78 is 6.82. The SMILES string of the molecule is CC1(C)Cc2cc(C(O)c3sccc3Br)ccc2O1. The monoisotopic (exact) mass is 338 g/mol. The average Bonchev–Trinajstić information content (AvgIpc) is 2.88. The number of fused-ring (bicyclic) bond motifs is 1. The molecular formula is C15H15BrO2S. The molecule has 0 fully saturated rings. The van der Waals surface area contributed by atoms with Crippen molar-refractivity contribution >= 4 is 27.3 Å². The Balaban J connectivity index is 1.94. The van der Waals surface area contributed by atoms with E-state index in [1.54, 1.807) is 11.3 Å². The lowest BCUT2D eigenvalue weighted by atomic mass is 9.98. The third-order valence-corrected chi connectivity index (χ3v) is 5.22. The van der Waals surface area contributed by atoms with Crippen LogP contribution in [0.25, 0.3) is 0 Å². The van der Waals surface area contributed by atoms with Gasteiger partial charge >= 0.3 is 0 Å². The zero-order chi connectivity index (χ0) is 13.6. The minimum atomic E-state index is -0.580. The van der Waals surface area contributed by atoms with Crippen LogP contribution in [0.2, 0.25) is 0 Å². The maximum atomic E-state index is 10.5. The van der Waals surface area contributed by atoms with E-state index in [4.69, 9.17) is 4.74 Å². The fraction of sp³-hybridized carbons (Fsp3) is 0.333. The summed E-state index contributed by atoms with van der Waals surface area (Å²) in [5.41, 5.74) is 1.95. The van der Waals surface area contributed by atoms with Crippen molar-refractivity contribution in [3.05, 3.63) is 50.1 Å². The highest BCUT2D eigenvalue weighted by Gasteiger charge is 2.30. The zero-order valence-electron chi connectivity index (χ0n) is 10.8. The van der Waals surface area contributed by atoms with Crippen LogP contribution in [0.1, 0.15) is 36.0 Å². The zero-order valence-corrected chi connectivity index (χ0v) is 13.2. The number of hydrogen-bond donors (Lipinski definition) is 1. The summed E-state index contributed by atoms with van der Waals surface area (Å²) in [4.78, 5) is 0.943. The molecule has 0 bridgehead atoms. The third-order valence-electron chi connectivity index (χ3n) is 3.30. The van der Waals surface area contributed by atoms with E-state index in [-0.39, 0.29) is 5.60 Å². The minimum absolute atomic E-state index is 0.143. The van der Waals surface area contributed by atoms with Crippen molar-refractivity contribution < 1.29 is 9.84 Å². The molecule has 3 rings (SSSR count). The summed E-state index contributed by atoms with van der Waals surface area (Å²) in [6.07, 6.45) is 0.303. The summed E-state index contributed by atoms with van der Waals surface area (Å²) in [7, 11) is 0. The van der Waals surface area contributed by atoms with E-state index in [1.807, 2.05) is 23.6 Å². The molecule has 0 amide bonds. The van der Waals surface area contributed by atoms with Crippen LogP contribution in [0.15, 0.2) is 34.1 Å². The predicted molar refractivity (Wildman–Crippen MR) is 80.9 cm³/mol. The number of rotatable bonds is 2. The molecular weight excluding hydrogens is 324 g/mol. The molecule has 2 aromatic rings. The van der Waals surface area contributed by atoms with Gasteiger partial charge in [0.25, 0.3) is 0 Å². The molecule has 1 N–H and O–H groups in total. The van der Waals surface area contributed by atoms with Crippen molar-refractivity contribution in [1.82, 2.24) is 0 Å². The van der Waals surface area contributed by atoms with Crippen molar-refractivity contribution in [1.29, 1.82) is 0 Å². The fourth-order valence-corrected chi connectivity index (χ4v) is 4.05. The molecule has 1 aliphatic rings. The van der Waals surface area contributed by atoms with Crippen LogP contribution in [0.3, 0.4) is 0 Å². The normalized spacial score (nSPS) is 17.9. The Kier molecular flexibility index (Phi) is 3.20. The van der Waals surface area contributed by atoms with Crippen LogP contribution in [0, 0.1) is 0 Å². The van der Waals surface area contributed by atoms with Gasteiger partial charge in [-0.1, -0.05) is 6.07 Å². The summed E-state index contributed by atoms with van der Waals surface area (Å²) >= 11 is 5.03. The molecule has 2 nitrogen and oxygen atoms in total. The summed E-state index contributed by atoms with van der Waals surface area (Å²) in [6, 6.07) is 7.92. The van der Waals surface area contributed by atoms with E-state index >= 15 is 0 Å². The molecule has 1 aromatic heterocycles. The van der Waals surface area contributed by atoms with Gasteiger partial charge in [-0.3, -0.25) is 0 Å². The molecule has 0 aliphatic carbocycles. The first-order chi connectivity index (χ1) is 8.96. The quantitative estimate of drug-likeness (QED) is 0.884. The second-order valence-electron chi connectivity index (χ2n) is 5.44. The van der Waals surface area contributed by atoms with E-state index < -0.39 is 6.10 Å². The van der Waals surface area contributed by atoms with Crippen LogP contribution in [0.4, 0.5) is 0 Å². The molecule has 0 radical (unpaired) electrons. The highest BCUT2D eigenvalue weighted by atomic mass is 79.9. The van der Waals surface area contributed by atoms with Crippen molar-refractivity contribution in [3.8, 4) is 5.75 Å². The smallest absolute Gasteiger partial charge is 0.123 e. The summed E-state index contributed by atoms with van der Waals surface area (Å²) in [5, 5.41) is 12.4. The van der Waals surface area contributed by atoms with E-state index in [0.717, 1.165) is 27.1 Å². The topological polar surface area (TPSA) is 29.5 Å². The first-order valence-corrected chi connectivity index (χ1v) is 7.86. The van der Waals surface area contributed by atoms with Crippen LogP contribution in [-0.2, 0) is 6.42 Å². The molecule has 100 valence electrons. The number of hydrogen-bond acceptors (Lipinski definition) is 3. The molecule has 1 atom stereocenters. The minimum Gasteiger partial charge on any atom is -0.487 e. The van der Waals surface area contributed by atoms with E-state index in [1.165, 1.54) is 5.56 Å². The lowest BCUT2D eigenvalue weighted by molar-refractivity contribution is 0.138. The Hall–Kier alpha value is -0.840. The largest absolute Gasteiger partial charge is 0.487 e. The predicted octanol–water partition coefficient (Wildman–Crippen LogP) is 4.31. The van der Waals surface area contributed by atoms with Gasteiger partial charge in [0.2, 0.25) is 0 Å². The van der Waals surface area contributed by atoms with E-state index in [9.17, 15) is 5.11 Å². The second kappa shape index (κ2) is 4.62. The Morgan fingerprint density at radius 1 is 1.37 bits per heavy atom. The Labute approximate surface area is 125 Å². The van der Waals surface area contributed by atoms with Crippen molar-refractivity contribution in [3.63, 3.8) is 0 Å². The molecule has 0 saturated carbocycles. The maximum absolute atomic E-state index is 10.5. The summed E-state index contributed by atoms with van der Waals surface area (Å²) in [5.74, 6) is 0.936. The lowest BCUT2D eigenvalue weighted by Gasteiger charge is -2.16. The highest BCUT2D eigenvalue weighted by Crippen LogP contribution is 2.39. The average molecular weight is 339 g/mol. The third kappa shape index (κ3) is 2.45. The van der Waals surface area contributed by atoms with Gasteiger partial charge in [0.05, 0.1) is 4.88 Å². The number of aliphatic hydroxyl groups excluding tert-OH is 1. The molecule has 0 spiro atoms. The lowest BCUT2D eigenvalue weighted by Crippen LogP contribution is -2.24. The molecule has 1 aromatic carbocycles. The van der Waals surface area contributed by atoms with Gasteiger partial charge in [-0.05, 0) is 64.5 Å². The van der Waals surface area contributed by atoms with Crippen LogP contribution >= 0.6 is 27.3 Å². The van der Waals surface area contributed by atoms with Gasteiger partial charge in [-0.2, -0.15) is 0 Å². The van der Waals surface area contributed by atoms with Crippen LogP contribution in [0.5, 0.6) is 5.75 Å². The molecule has 0 saturated heterocycles. The molecule has 2 heterocycles.